The summed E-state index contributed by atoms with van der Waals surface area (Å²) in [4.78, 5) is 18.0. The van der Waals surface area contributed by atoms with Gasteiger partial charge in [-0.15, -0.1) is 11.3 Å². The van der Waals surface area contributed by atoms with Crippen LogP contribution in [0.4, 0.5) is 0 Å². The molecule has 5 nitrogen and oxygen atoms in total. The minimum absolute atomic E-state index is 0.0477. The summed E-state index contributed by atoms with van der Waals surface area (Å²) in [6, 6.07) is 5.31. The van der Waals surface area contributed by atoms with Gasteiger partial charge in [0.2, 0.25) is 0 Å². The van der Waals surface area contributed by atoms with Gasteiger partial charge in [0.1, 0.15) is 11.4 Å². The number of fused-ring (bicyclic) bond motifs is 1. The molecular weight excluding hydrogens is 274 g/mol. The van der Waals surface area contributed by atoms with Crippen molar-refractivity contribution >= 4 is 28.2 Å². The van der Waals surface area contributed by atoms with E-state index in [-0.39, 0.29) is 5.91 Å². The maximum absolute atomic E-state index is 12.0. The molecule has 2 aromatic heterocycles. The number of amides is 1. The third kappa shape index (κ3) is 2.08. The van der Waals surface area contributed by atoms with Crippen molar-refractivity contribution in [2.24, 2.45) is 0 Å². The average molecular weight is 287 g/mol. The average Bonchev–Trinajstić information content (AvgIpc) is 3.02. The van der Waals surface area contributed by atoms with Gasteiger partial charge in [-0.05, 0) is 25.1 Å². The van der Waals surface area contributed by atoms with E-state index < -0.39 is 0 Å². The predicted octanol–water partition coefficient (Wildman–Crippen LogP) is 2.96. The Kier molecular flexibility index (Phi) is 3.02. The van der Waals surface area contributed by atoms with Gasteiger partial charge in [0.05, 0.1) is 10.4 Å². The second-order valence-electron chi connectivity index (χ2n) is 4.69. The number of nitrogens with zero attached hydrogens (tertiary/aromatic N) is 3. The molecular formula is C14H13N3O2S. The topological polar surface area (TPSA) is 59.2 Å². The minimum atomic E-state index is -0.0477. The monoisotopic (exact) mass is 287 g/mol. The molecule has 0 bridgehead atoms. The van der Waals surface area contributed by atoms with Crippen LogP contribution < -0.4 is 0 Å². The van der Waals surface area contributed by atoms with Crippen LogP contribution in [-0.2, 0) is 0 Å². The maximum Gasteiger partial charge on any atom is 0.253 e. The zero-order valence-electron chi connectivity index (χ0n) is 11.4. The Morgan fingerprint density at radius 1 is 1.35 bits per heavy atom. The van der Waals surface area contributed by atoms with E-state index in [4.69, 9.17) is 4.52 Å². The van der Waals surface area contributed by atoms with Crippen LogP contribution in [0.15, 0.2) is 28.1 Å². The van der Waals surface area contributed by atoms with Crippen LogP contribution in [0, 0.1) is 6.92 Å². The van der Waals surface area contributed by atoms with Gasteiger partial charge in [0, 0.05) is 25.0 Å². The highest BCUT2D eigenvalue weighted by molar-refractivity contribution is 7.09. The second-order valence-corrected chi connectivity index (χ2v) is 5.76. The second kappa shape index (κ2) is 4.72. The van der Waals surface area contributed by atoms with E-state index in [1.807, 2.05) is 12.3 Å². The van der Waals surface area contributed by atoms with E-state index >= 15 is 0 Å². The molecule has 3 rings (SSSR count). The molecule has 3 aromatic rings. The lowest BCUT2D eigenvalue weighted by Crippen LogP contribution is -2.21. The normalized spacial score (nSPS) is 10.9. The third-order valence-corrected chi connectivity index (χ3v) is 3.76. The van der Waals surface area contributed by atoms with E-state index in [1.54, 1.807) is 48.5 Å². The Labute approximate surface area is 119 Å². The van der Waals surface area contributed by atoms with E-state index in [0.29, 0.717) is 16.8 Å². The standard InChI is InChI=1S/C14H13N3O2S/c1-8-15-11(7-20-8)13-10-6-9(14(18)17(2)3)4-5-12(10)19-16-13/h4-7H,1-3H3. The Bertz CT molecular complexity index is 789. The zero-order valence-corrected chi connectivity index (χ0v) is 12.2. The summed E-state index contributed by atoms with van der Waals surface area (Å²) in [7, 11) is 3.45. The molecule has 0 fully saturated rings. The number of carbonyl (C=O) groups excluding carboxylic acids is 1. The summed E-state index contributed by atoms with van der Waals surface area (Å²) in [6.07, 6.45) is 0. The molecule has 2 heterocycles. The van der Waals surface area contributed by atoms with Crippen molar-refractivity contribution in [2.75, 3.05) is 14.1 Å². The highest BCUT2D eigenvalue weighted by Crippen LogP contribution is 2.29. The maximum atomic E-state index is 12.0. The molecule has 0 aliphatic carbocycles. The molecule has 0 saturated carbocycles. The van der Waals surface area contributed by atoms with E-state index in [2.05, 4.69) is 10.1 Å². The lowest BCUT2D eigenvalue weighted by atomic mass is 10.1. The van der Waals surface area contributed by atoms with Gasteiger partial charge < -0.3 is 9.42 Å². The molecule has 0 aliphatic heterocycles. The van der Waals surface area contributed by atoms with Crippen LogP contribution in [0.5, 0.6) is 0 Å². The van der Waals surface area contributed by atoms with Gasteiger partial charge in [0.15, 0.2) is 5.58 Å². The summed E-state index contributed by atoms with van der Waals surface area (Å²) in [5, 5.41) is 7.78. The fourth-order valence-corrected chi connectivity index (χ4v) is 2.58. The fraction of sp³-hybridized carbons (Fsp3) is 0.214. The van der Waals surface area contributed by atoms with Crippen molar-refractivity contribution in [2.45, 2.75) is 6.92 Å². The summed E-state index contributed by atoms with van der Waals surface area (Å²) in [5.74, 6) is -0.0477. The van der Waals surface area contributed by atoms with Crippen LogP contribution in [0.2, 0.25) is 0 Å². The van der Waals surface area contributed by atoms with Crippen molar-refractivity contribution in [3.63, 3.8) is 0 Å². The van der Waals surface area contributed by atoms with Crippen molar-refractivity contribution in [1.82, 2.24) is 15.0 Å². The Balaban J connectivity index is 2.15. The van der Waals surface area contributed by atoms with Crippen LogP contribution >= 0.6 is 11.3 Å². The molecule has 1 amide bonds. The highest BCUT2D eigenvalue weighted by Gasteiger charge is 2.16. The molecule has 20 heavy (non-hydrogen) atoms. The van der Waals surface area contributed by atoms with Gasteiger partial charge in [-0.25, -0.2) is 4.98 Å². The van der Waals surface area contributed by atoms with Crippen molar-refractivity contribution < 1.29 is 9.32 Å². The first-order valence-electron chi connectivity index (χ1n) is 6.10. The quantitative estimate of drug-likeness (QED) is 0.727. The van der Waals surface area contributed by atoms with Crippen LogP contribution in [0.3, 0.4) is 0 Å². The molecule has 0 aliphatic rings. The summed E-state index contributed by atoms with van der Waals surface area (Å²) >= 11 is 1.56. The van der Waals surface area contributed by atoms with Crippen LogP contribution in [0.1, 0.15) is 15.4 Å². The van der Waals surface area contributed by atoms with Gasteiger partial charge in [-0.1, -0.05) is 5.16 Å². The van der Waals surface area contributed by atoms with Gasteiger partial charge in [-0.3, -0.25) is 4.79 Å². The number of thiazole rings is 1. The smallest absolute Gasteiger partial charge is 0.253 e. The first-order chi connectivity index (χ1) is 9.56. The molecule has 0 unspecified atom stereocenters. The molecule has 0 spiro atoms. The zero-order chi connectivity index (χ0) is 14.3. The number of aryl methyl sites for hydroxylation is 1. The molecule has 0 atom stereocenters. The molecule has 0 radical (unpaired) electrons. The first-order valence-corrected chi connectivity index (χ1v) is 6.98. The SMILES string of the molecule is Cc1nc(-c2noc3ccc(C(=O)N(C)C)cc23)cs1. The third-order valence-electron chi connectivity index (χ3n) is 2.98. The highest BCUT2D eigenvalue weighted by atomic mass is 32.1. The lowest BCUT2D eigenvalue weighted by molar-refractivity contribution is 0.0828. The molecule has 6 heteroatoms. The first kappa shape index (κ1) is 12.8. The summed E-state index contributed by atoms with van der Waals surface area (Å²) in [6.45, 7) is 1.94. The fourth-order valence-electron chi connectivity index (χ4n) is 1.99. The number of benzene rings is 1. The van der Waals surface area contributed by atoms with E-state index in [1.165, 1.54) is 0 Å². The number of hydrogen-bond donors (Lipinski definition) is 0. The number of hydrogen-bond acceptors (Lipinski definition) is 5. The molecule has 0 N–H and O–H groups in total. The summed E-state index contributed by atoms with van der Waals surface area (Å²) in [5.41, 5.74) is 2.72. The number of aromatic nitrogens is 2. The van der Waals surface area contributed by atoms with Crippen LogP contribution in [-0.4, -0.2) is 35.0 Å². The number of carbonyl (C=O) groups is 1. The Morgan fingerprint density at radius 2 is 2.15 bits per heavy atom. The van der Waals surface area contributed by atoms with Crippen molar-refractivity contribution in [3.05, 3.63) is 34.2 Å². The van der Waals surface area contributed by atoms with Gasteiger partial charge in [-0.2, -0.15) is 0 Å². The van der Waals surface area contributed by atoms with Gasteiger partial charge in [0.25, 0.3) is 5.91 Å². The van der Waals surface area contributed by atoms with E-state index in [9.17, 15) is 4.79 Å². The summed E-state index contributed by atoms with van der Waals surface area (Å²) < 4.78 is 5.30. The largest absolute Gasteiger partial charge is 0.356 e. The lowest BCUT2D eigenvalue weighted by Gasteiger charge is -2.09. The van der Waals surface area contributed by atoms with Crippen LogP contribution in [0.25, 0.3) is 22.4 Å². The van der Waals surface area contributed by atoms with Crippen molar-refractivity contribution in [1.29, 1.82) is 0 Å². The molecule has 102 valence electrons. The number of rotatable bonds is 2. The molecule has 0 saturated heterocycles. The van der Waals surface area contributed by atoms with E-state index in [0.717, 1.165) is 16.1 Å². The van der Waals surface area contributed by atoms with Crippen molar-refractivity contribution in [3.8, 4) is 11.4 Å². The molecule has 1 aromatic carbocycles. The minimum Gasteiger partial charge on any atom is -0.356 e. The Hall–Kier alpha value is -2.21. The van der Waals surface area contributed by atoms with Gasteiger partial charge >= 0.3 is 0 Å². The predicted molar refractivity (Wildman–Crippen MR) is 77.9 cm³/mol. The Morgan fingerprint density at radius 3 is 2.80 bits per heavy atom.